The smallest absolute Gasteiger partial charge is 0.207 e. The molecule has 0 atom stereocenters. The molecule has 0 saturated heterocycles. The van der Waals surface area contributed by atoms with Gasteiger partial charge in [0.2, 0.25) is 7.98 Å². The Morgan fingerprint density at radius 2 is 2.00 bits per heavy atom. The van der Waals surface area contributed by atoms with E-state index in [4.69, 9.17) is 0 Å². The molecule has 0 N–H and O–H groups in total. The summed E-state index contributed by atoms with van der Waals surface area (Å²) in [7, 11) is 5.39. The van der Waals surface area contributed by atoms with Gasteiger partial charge in [0.05, 0.1) is 0 Å². The van der Waals surface area contributed by atoms with Crippen molar-refractivity contribution in [1.29, 1.82) is 0 Å². The topological polar surface area (TPSA) is 3.24 Å². The summed E-state index contributed by atoms with van der Waals surface area (Å²) in [6, 6.07) is 0. The Labute approximate surface area is 25.8 Å². The standard InChI is InChI=1S/CH3BFN/c1-4(2)3/h1H3. The van der Waals surface area contributed by atoms with Gasteiger partial charge >= 0.3 is 0 Å². The number of nitrogens with zero attached hydrogens (tertiary/aromatic N) is 1. The summed E-state index contributed by atoms with van der Waals surface area (Å²) < 4.78 is 10.6. The summed E-state index contributed by atoms with van der Waals surface area (Å²) >= 11 is 0. The molecule has 0 amide bonds. The van der Waals surface area contributed by atoms with Crippen LogP contribution < -0.4 is 0 Å². The maximum atomic E-state index is 10.6. The molecule has 0 spiro atoms. The maximum absolute atomic E-state index is 10.6. The zero-order valence-electron chi connectivity index (χ0n) is 2.40. The fraction of sp³-hybridized carbons (Fsp3) is 1.00. The molecule has 4 heavy (non-hydrogen) atoms. The average Bonchev–Trinajstić information content (AvgIpc) is 0.811. The highest BCUT2D eigenvalue weighted by molar-refractivity contribution is 6.03. The van der Waals surface area contributed by atoms with Crippen LogP contribution in [0, 0.1) is 0 Å². The van der Waals surface area contributed by atoms with Crippen molar-refractivity contribution in [3.8, 4) is 0 Å². The van der Waals surface area contributed by atoms with Crippen LogP contribution in [0.15, 0.2) is 0 Å². The van der Waals surface area contributed by atoms with Gasteiger partial charge in [-0.2, -0.15) is 0 Å². The first-order valence-electron chi connectivity index (χ1n) is 0.874. The SMILES string of the molecule is [B]N(C)F. The Bertz CT molecular complexity index is 12.8. The first-order chi connectivity index (χ1) is 1.73. The Balaban J connectivity index is 2.32. The predicted octanol–water partition coefficient (Wildman–Crippen LogP) is -0.114. The monoisotopic (exact) mass is 59.0 g/mol. The molecule has 0 heterocycles. The molecule has 0 aliphatic heterocycles. The van der Waals surface area contributed by atoms with Crippen LogP contribution in [0.3, 0.4) is 0 Å². The van der Waals surface area contributed by atoms with Crippen molar-refractivity contribution in [2.24, 2.45) is 0 Å². The number of halogens is 1. The van der Waals surface area contributed by atoms with E-state index in [0.717, 1.165) is 7.05 Å². The van der Waals surface area contributed by atoms with E-state index < -0.39 is 0 Å². The first kappa shape index (κ1) is 3.95. The molecule has 0 unspecified atom stereocenters. The van der Waals surface area contributed by atoms with E-state index in [0.29, 0.717) is 0 Å². The van der Waals surface area contributed by atoms with Crippen LogP contribution in [0.25, 0.3) is 0 Å². The third-order valence-electron chi connectivity index (χ3n) is 0. The van der Waals surface area contributed by atoms with Gasteiger partial charge in [-0.05, 0) is 0 Å². The highest BCUT2D eigenvalue weighted by atomic mass is 19.2. The van der Waals surface area contributed by atoms with Gasteiger partial charge in [0.1, 0.15) is 0 Å². The molecular weight excluding hydrogens is 55.8 g/mol. The fourth-order valence-electron chi connectivity index (χ4n) is 0. The first-order valence-corrected chi connectivity index (χ1v) is 0.874. The zero-order chi connectivity index (χ0) is 3.58. The van der Waals surface area contributed by atoms with E-state index in [1.54, 1.807) is 0 Å². The quantitative estimate of drug-likeness (QED) is 0.278. The van der Waals surface area contributed by atoms with Crippen LogP contribution >= 0.6 is 0 Å². The number of hydrogen-bond donors (Lipinski definition) is 0. The lowest BCUT2D eigenvalue weighted by molar-refractivity contribution is 0.186. The molecule has 0 aromatic heterocycles. The molecule has 0 aliphatic carbocycles. The molecule has 22 valence electrons. The van der Waals surface area contributed by atoms with Crippen molar-refractivity contribution in [2.75, 3.05) is 7.05 Å². The van der Waals surface area contributed by atoms with Crippen molar-refractivity contribution in [1.82, 2.24) is 5.03 Å². The minimum absolute atomic E-state index is 0. The van der Waals surface area contributed by atoms with Crippen LogP contribution in [0.2, 0.25) is 0 Å². The predicted molar refractivity (Wildman–Crippen MR) is 14.6 cm³/mol. The summed E-state index contributed by atoms with van der Waals surface area (Å²) in [5, 5.41) is 0. The Kier molecular flexibility index (Phi) is 1.28. The van der Waals surface area contributed by atoms with Crippen LogP contribution in [0.5, 0.6) is 0 Å². The van der Waals surface area contributed by atoms with Gasteiger partial charge in [0, 0.05) is 7.05 Å². The summed E-state index contributed by atoms with van der Waals surface area (Å²) in [6.07, 6.45) is 0. The van der Waals surface area contributed by atoms with E-state index in [9.17, 15) is 4.48 Å². The van der Waals surface area contributed by atoms with Gasteiger partial charge in [-0.1, -0.05) is 0 Å². The maximum Gasteiger partial charge on any atom is 0.231 e. The van der Waals surface area contributed by atoms with Gasteiger partial charge in [-0.3, -0.25) is 0 Å². The Morgan fingerprint density at radius 1 is 2.00 bits per heavy atom. The molecule has 0 bridgehead atoms. The molecule has 0 rings (SSSR count). The van der Waals surface area contributed by atoms with E-state index in [1.807, 2.05) is 0 Å². The molecular formula is CH3BFN. The largest absolute Gasteiger partial charge is 0.231 e. The second kappa shape index (κ2) is 1.29. The average molecular weight is 58.9 g/mol. The molecule has 0 aliphatic rings. The van der Waals surface area contributed by atoms with Crippen LogP contribution in [-0.4, -0.2) is 20.1 Å². The fourth-order valence-corrected chi connectivity index (χ4v) is 0. The molecule has 1 nitrogen and oxygen atoms in total. The van der Waals surface area contributed by atoms with Crippen molar-refractivity contribution < 1.29 is 4.48 Å². The van der Waals surface area contributed by atoms with Gasteiger partial charge in [-0.25, -0.2) is 5.03 Å². The Hall–Kier alpha value is -0.0451. The molecule has 0 aromatic rings. The molecule has 3 heteroatoms. The summed E-state index contributed by atoms with van der Waals surface area (Å²) in [5.41, 5.74) is 0. The summed E-state index contributed by atoms with van der Waals surface area (Å²) in [4.78, 5) is 0. The van der Waals surface area contributed by atoms with Crippen LogP contribution in [0.4, 0.5) is 4.48 Å². The van der Waals surface area contributed by atoms with Crippen molar-refractivity contribution in [3.63, 3.8) is 0 Å². The van der Waals surface area contributed by atoms with Crippen molar-refractivity contribution in [2.45, 2.75) is 0 Å². The highest BCUT2D eigenvalue weighted by Gasteiger charge is 1.66. The van der Waals surface area contributed by atoms with Gasteiger partial charge < -0.3 is 0 Å². The van der Waals surface area contributed by atoms with Gasteiger partial charge in [-0.15, -0.1) is 4.48 Å². The lowest BCUT2D eigenvalue weighted by Gasteiger charge is -1.83. The van der Waals surface area contributed by atoms with Gasteiger partial charge in [0.15, 0.2) is 0 Å². The van der Waals surface area contributed by atoms with E-state index in [-0.39, 0.29) is 5.03 Å². The molecule has 0 aromatic carbocycles. The Morgan fingerprint density at radius 3 is 2.00 bits per heavy atom. The number of hydrogen-bond acceptors (Lipinski definition) is 1. The van der Waals surface area contributed by atoms with Gasteiger partial charge in [0.25, 0.3) is 0 Å². The summed E-state index contributed by atoms with van der Waals surface area (Å²) in [5.74, 6) is 0. The van der Waals surface area contributed by atoms with E-state index in [1.165, 1.54) is 0 Å². The highest BCUT2D eigenvalue weighted by Crippen LogP contribution is 1.60. The van der Waals surface area contributed by atoms with E-state index in [2.05, 4.69) is 7.98 Å². The third-order valence-corrected chi connectivity index (χ3v) is 0. The summed E-state index contributed by atoms with van der Waals surface area (Å²) in [6.45, 7) is 0. The van der Waals surface area contributed by atoms with Crippen LogP contribution in [-0.2, 0) is 0 Å². The van der Waals surface area contributed by atoms with E-state index >= 15 is 0 Å². The minimum Gasteiger partial charge on any atom is -0.207 e. The van der Waals surface area contributed by atoms with Crippen LogP contribution in [0.1, 0.15) is 0 Å². The second-order valence-corrected chi connectivity index (χ2v) is 0.525. The minimum atomic E-state index is 0. The van der Waals surface area contributed by atoms with Crippen molar-refractivity contribution in [3.05, 3.63) is 0 Å². The van der Waals surface area contributed by atoms with Crippen molar-refractivity contribution >= 4 is 7.98 Å². The normalized spacial score (nSPS) is 8.75. The third kappa shape index (κ3) is 878. The zero-order valence-corrected chi connectivity index (χ0v) is 2.40. The lowest BCUT2D eigenvalue weighted by Crippen LogP contribution is -1.95. The molecule has 0 fully saturated rings. The second-order valence-electron chi connectivity index (χ2n) is 0.525. The number of rotatable bonds is 0. The molecule has 2 radical (unpaired) electrons. The molecule has 0 saturated carbocycles. The lowest BCUT2D eigenvalue weighted by atomic mass is 10.5.